The summed E-state index contributed by atoms with van der Waals surface area (Å²) in [6, 6.07) is 4.08. The standard InChI is InChI=1S/C12H11BrClN3O3/c1-7-9(6-13)12(16(2)15-7)20-11-4-3-8(17(18)19)5-10(11)14/h3-5H,6H2,1-2H3. The minimum Gasteiger partial charge on any atom is -0.437 e. The third kappa shape index (κ3) is 2.78. The first-order valence-electron chi connectivity index (χ1n) is 5.64. The van der Waals surface area contributed by atoms with Crippen molar-refractivity contribution >= 4 is 33.2 Å². The normalized spacial score (nSPS) is 10.6. The van der Waals surface area contributed by atoms with Crippen molar-refractivity contribution in [2.45, 2.75) is 12.3 Å². The molecule has 8 heteroatoms. The molecule has 6 nitrogen and oxygen atoms in total. The molecule has 1 aromatic heterocycles. The van der Waals surface area contributed by atoms with E-state index in [1.54, 1.807) is 11.7 Å². The highest BCUT2D eigenvalue weighted by atomic mass is 79.9. The number of hydrogen-bond acceptors (Lipinski definition) is 4. The van der Waals surface area contributed by atoms with Crippen molar-refractivity contribution in [3.63, 3.8) is 0 Å². The largest absolute Gasteiger partial charge is 0.437 e. The van der Waals surface area contributed by atoms with Crippen LogP contribution in [0.4, 0.5) is 5.69 Å². The Bertz CT molecular complexity index is 672. The van der Waals surface area contributed by atoms with Crippen LogP contribution in [0.25, 0.3) is 0 Å². The van der Waals surface area contributed by atoms with Gasteiger partial charge < -0.3 is 4.74 Å². The monoisotopic (exact) mass is 359 g/mol. The molecule has 20 heavy (non-hydrogen) atoms. The molecular formula is C12H11BrClN3O3. The molecule has 0 spiro atoms. The number of halogens is 2. The third-order valence-electron chi connectivity index (χ3n) is 2.76. The van der Waals surface area contributed by atoms with E-state index in [2.05, 4.69) is 21.0 Å². The molecule has 2 aromatic rings. The van der Waals surface area contributed by atoms with Crippen LogP contribution in [-0.4, -0.2) is 14.7 Å². The highest BCUT2D eigenvalue weighted by Crippen LogP contribution is 2.34. The molecule has 0 saturated carbocycles. The van der Waals surface area contributed by atoms with Crippen LogP contribution in [0, 0.1) is 17.0 Å². The van der Waals surface area contributed by atoms with E-state index in [4.69, 9.17) is 16.3 Å². The summed E-state index contributed by atoms with van der Waals surface area (Å²) >= 11 is 9.39. The number of nitrogens with zero attached hydrogens (tertiary/aromatic N) is 3. The Morgan fingerprint density at radius 2 is 2.25 bits per heavy atom. The van der Waals surface area contributed by atoms with E-state index in [1.807, 2.05) is 6.92 Å². The number of nitro groups is 1. The van der Waals surface area contributed by atoms with Gasteiger partial charge in [0.2, 0.25) is 5.88 Å². The van der Waals surface area contributed by atoms with Crippen LogP contribution < -0.4 is 4.74 Å². The SMILES string of the molecule is Cc1nn(C)c(Oc2ccc([N+](=O)[O-])cc2Cl)c1CBr. The van der Waals surface area contributed by atoms with Crippen molar-refractivity contribution in [3.05, 3.63) is 44.6 Å². The molecule has 0 amide bonds. The van der Waals surface area contributed by atoms with E-state index < -0.39 is 4.92 Å². The second-order valence-electron chi connectivity index (χ2n) is 4.10. The molecule has 0 radical (unpaired) electrons. The van der Waals surface area contributed by atoms with Crippen molar-refractivity contribution in [2.75, 3.05) is 0 Å². The number of hydrogen-bond donors (Lipinski definition) is 0. The van der Waals surface area contributed by atoms with Gasteiger partial charge in [0.1, 0.15) is 5.75 Å². The molecule has 106 valence electrons. The topological polar surface area (TPSA) is 70.2 Å². The summed E-state index contributed by atoms with van der Waals surface area (Å²) in [7, 11) is 1.76. The maximum Gasteiger partial charge on any atom is 0.271 e. The van der Waals surface area contributed by atoms with Crippen molar-refractivity contribution in [1.29, 1.82) is 0 Å². The molecule has 0 N–H and O–H groups in total. The highest BCUT2D eigenvalue weighted by molar-refractivity contribution is 9.08. The summed E-state index contributed by atoms with van der Waals surface area (Å²) in [5.74, 6) is 0.901. The van der Waals surface area contributed by atoms with Gasteiger partial charge in [-0.15, -0.1) is 0 Å². The lowest BCUT2D eigenvalue weighted by atomic mass is 10.3. The Labute approximate surface area is 128 Å². The fourth-order valence-corrected chi connectivity index (χ4v) is 2.61. The van der Waals surface area contributed by atoms with Gasteiger partial charge in [-0.2, -0.15) is 5.10 Å². The maximum absolute atomic E-state index is 10.7. The van der Waals surface area contributed by atoms with E-state index >= 15 is 0 Å². The van der Waals surface area contributed by atoms with Crippen molar-refractivity contribution < 1.29 is 9.66 Å². The van der Waals surface area contributed by atoms with Crippen LogP contribution in [0.15, 0.2) is 18.2 Å². The Hall–Kier alpha value is -1.60. The zero-order valence-electron chi connectivity index (χ0n) is 10.8. The van der Waals surface area contributed by atoms with Gasteiger partial charge in [-0.25, -0.2) is 4.68 Å². The summed E-state index contributed by atoms with van der Waals surface area (Å²) in [5.41, 5.74) is 1.67. The number of rotatable bonds is 4. The quantitative estimate of drug-likeness (QED) is 0.470. The van der Waals surface area contributed by atoms with Gasteiger partial charge in [0.25, 0.3) is 5.69 Å². The summed E-state index contributed by atoms with van der Waals surface area (Å²) < 4.78 is 7.33. The Balaban J connectivity index is 2.38. The predicted molar refractivity (Wildman–Crippen MR) is 78.8 cm³/mol. The number of nitro benzene ring substituents is 1. The smallest absolute Gasteiger partial charge is 0.271 e. The first-order valence-corrected chi connectivity index (χ1v) is 7.14. The molecule has 0 saturated heterocycles. The van der Waals surface area contributed by atoms with Gasteiger partial charge in [-0.1, -0.05) is 27.5 Å². The number of alkyl halides is 1. The van der Waals surface area contributed by atoms with E-state index in [0.29, 0.717) is 17.0 Å². The Morgan fingerprint density at radius 3 is 2.80 bits per heavy atom. The average Bonchev–Trinajstić information content (AvgIpc) is 2.65. The van der Waals surface area contributed by atoms with Crippen LogP contribution in [-0.2, 0) is 12.4 Å². The van der Waals surface area contributed by atoms with Crippen LogP contribution in [0.5, 0.6) is 11.6 Å². The first kappa shape index (κ1) is 14.8. The number of aromatic nitrogens is 2. The third-order valence-corrected chi connectivity index (χ3v) is 3.61. The summed E-state index contributed by atoms with van der Waals surface area (Å²) in [6.45, 7) is 1.88. The highest BCUT2D eigenvalue weighted by Gasteiger charge is 2.17. The molecule has 0 aliphatic heterocycles. The molecule has 1 heterocycles. The van der Waals surface area contributed by atoms with E-state index in [-0.39, 0.29) is 10.7 Å². The lowest BCUT2D eigenvalue weighted by molar-refractivity contribution is -0.384. The summed E-state index contributed by atoms with van der Waals surface area (Å²) in [5, 5.41) is 15.7. The maximum atomic E-state index is 10.7. The Kier molecular flexibility index (Phi) is 4.29. The second-order valence-corrected chi connectivity index (χ2v) is 5.07. The van der Waals surface area contributed by atoms with E-state index in [0.717, 1.165) is 11.3 Å². The molecule has 0 atom stereocenters. The second kappa shape index (κ2) is 5.80. The Morgan fingerprint density at radius 1 is 1.55 bits per heavy atom. The van der Waals surface area contributed by atoms with Crippen LogP contribution in [0.1, 0.15) is 11.3 Å². The number of ether oxygens (including phenoxy) is 1. The van der Waals surface area contributed by atoms with Gasteiger partial charge in [0, 0.05) is 30.1 Å². The lowest BCUT2D eigenvalue weighted by Crippen LogP contribution is -1.97. The fourth-order valence-electron chi connectivity index (χ4n) is 1.75. The van der Waals surface area contributed by atoms with Gasteiger partial charge >= 0.3 is 0 Å². The number of non-ortho nitro benzene ring substituents is 1. The van der Waals surface area contributed by atoms with Gasteiger partial charge in [-0.05, 0) is 13.0 Å². The van der Waals surface area contributed by atoms with E-state index in [1.165, 1.54) is 18.2 Å². The number of benzene rings is 1. The zero-order chi connectivity index (χ0) is 14.9. The van der Waals surface area contributed by atoms with Gasteiger partial charge in [0.15, 0.2) is 0 Å². The molecular weight excluding hydrogens is 350 g/mol. The summed E-state index contributed by atoms with van der Waals surface area (Å²) in [6.07, 6.45) is 0. The molecule has 0 aliphatic carbocycles. The van der Waals surface area contributed by atoms with Crippen LogP contribution >= 0.6 is 27.5 Å². The molecule has 0 fully saturated rings. The van der Waals surface area contributed by atoms with E-state index in [9.17, 15) is 10.1 Å². The molecule has 0 aliphatic rings. The molecule has 0 bridgehead atoms. The van der Waals surface area contributed by atoms with Crippen LogP contribution in [0.2, 0.25) is 5.02 Å². The van der Waals surface area contributed by atoms with Gasteiger partial charge in [0.05, 0.1) is 15.6 Å². The minimum atomic E-state index is -0.506. The number of aryl methyl sites for hydroxylation is 2. The van der Waals surface area contributed by atoms with Crippen molar-refractivity contribution in [1.82, 2.24) is 9.78 Å². The average molecular weight is 361 g/mol. The summed E-state index contributed by atoms with van der Waals surface area (Å²) in [4.78, 5) is 10.2. The van der Waals surface area contributed by atoms with Crippen molar-refractivity contribution in [2.24, 2.45) is 7.05 Å². The molecule has 2 rings (SSSR count). The molecule has 0 unspecified atom stereocenters. The van der Waals surface area contributed by atoms with Gasteiger partial charge in [-0.3, -0.25) is 10.1 Å². The lowest BCUT2D eigenvalue weighted by Gasteiger charge is -2.09. The predicted octanol–water partition coefficient (Wildman–Crippen LogP) is 3.98. The van der Waals surface area contributed by atoms with Crippen LogP contribution in [0.3, 0.4) is 0 Å². The zero-order valence-corrected chi connectivity index (χ0v) is 13.1. The minimum absolute atomic E-state index is 0.0794. The first-order chi connectivity index (χ1) is 9.43. The van der Waals surface area contributed by atoms with Crippen molar-refractivity contribution in [3.8, 4) is 11.6 Å². The molecule has 1 aromatic carbocycles. The fraction of sp³-hybridized carbons (Fsp3) is 0.250.